The Kier molecular flexibility index (Phi) is 4.01. The second kappa shape index (κ2) is 5.70. The lowest BCUT2D eigenvalue weighted by molar-refractivity contribution is 0.102. The van der Waals surface area contributed by atoms with E-state index in [0.29, 0.717) is 24.3 Å². The largest absolute Gasteiger partial charge is 0.330 e. The Morgan fingerprint density at radius 1 is 1.50 bits per heavy atom. The maximum Gasteiger partial charge on any atom is 0.275 e. The first-order chi connectivity index (χ1) is 8.69. The minimum atomic E-state index is -0.394. The van der Waals surface area contributed by atoms with Gasteiger partial charge in [0.1, 0.15) is 11.5 Å². The van der Waals surface area contributed by atoms with Crippen LogP contribution in [0, 0.1) is 5.82 Å². The minimum absolute atomic E-state index is 0.327. The van der Waals surface area contributed by atoms with Crippen molar-refractivity contribution in [3.63, 3.8) is 0 Å². The number of anilines is 1. The van der Waals surface area contributed by atoms with Gasteiger partial charge in [0, 0.05) is 17.5 Å². The second-order valence-electron chi connectivity index (χ2n) is 3.63. The third-order valence-corrected chi connectivity index (χ3v) is 3.13. The molecule has 94 valence electrons. The molecule has 0 radical (unpaired) electrons. The molecule has 0 aliphatic heterocycles. The smallest absolute Gasteiger partial charge is 0.275 e. The van der Waals surface area contributed by atoms with Crippen LogP contribution in [-0.2, 0) is 6.42 Å². The number of nitrogens with one attached hydrogen (secondary N) is 1. The van der Waals surface area contributed by atoms with Crippen molar-refractivity contribution in [1.82, 2.24) is 4.98 Å². The third-order valence-electron chi connectivity index (χ3n) is 2.23. The van der Waals surface area contributed by atoms with Crippen LogP contribution in [0.4, 0.5) is 10.1 Å². The van der Waals surface area contributed by atoms with Crippen LogP contribution in [0.2, 0.25) is 0 Å². The van der Waals surface area contributed by atoms with E-state index in [1.807, 2.05) is 0 Å². The van der Waals surface area contributed by atoms with Gasteiger partial charge in [-0.1, -0.05) is 6.07 Å². The number of carbonyl (C=O) groups is 1. The molecule has 1 aromatic carbocycles. The van der Waals surface area contributed by atoms with E-state index in [4.69, 9.17) is 5.73 Å². The van der Waals surface area contributed by atoms with Crippen molar-refractivity contribution < 1.29 is 9.18 Å². The number of nitrogens with two attached hydrogens (primary N) is 1. The molecular formula is C12H12FN3OS. The number of hydrogen-bond acceptors (Lipinski definition) is 4. The number of benzene rings is 1. The molecule has 0 aliphatic rings. The molecule has 2 aromatic rings. The molecular weight excluding hydrogens is 253 g/mol. The average molecular weight is 265 g/mol. The summed E-state index contributed by atoms with van der Waals surface area (Å²) in [7, 11) is 0. The van der Waals surface area contributed by atoms with Gasteiger partial charge < -0.3 is 11.1 Å². The maximum atomic E-state index is 12.9. The van der Waals surface area contributed by atoms with Crippen LogP contribution in [0.25, 0.3) is 0 Å². The van der Waals surface area contributed by atoms with Gasteiger partial charge in [-0.3, -0.25) is 4.79 Å². The number of rotatable bonds is 4. The van der Waals surface area contributed by atoms with Gasteiger partial charge in [-0.15, -0.1) is 11.3 Å². The fourth-order valence-corrected chi connectivity index (χ4v) is 2.21. The van der Waals surface area contributed by atoms with E-state index in [9.17, 15) is 9.18 Å². The van der Waals surface area contributed by atoms with E-state index in [1.165, 1.54) is 29.5 Å². The summed E-state index contributed by atoms with van der Waals surface area (Å²) in [6, 6.07) is 5.73. The number of halogens is 1. The van der Waals surface area contributed by atoms with E-state index in [2.05, 4.69) is 10.3 Å². The van der Waals surface area contributed by atoms with Gasteiger partial charge in [0.2, 0.25) is 0 Å². The zero-order chi connectivity index (χ0) is 13.0. The zero-order valence-electron chi connectivity index (χ0n) is 9.52. The first kappa shape index (κ1) is 12.7. The quantitative estimate of drug-likeness (QED) is 0.888. The van der Waals surface area contributed by atoms with Crippen LogP contribution in [0.3, 0.4) is 0 Å². The molecule has 1 aromatic heterocycles. The van der Waals surface area contributed by atoms with Crippen LogP contribution in [0.1, 0.15) is 15.5 Å². The van der Waals surface area contributed by atoms with Crippen molar-refractivity contribution in [3.8, 4) is 0 Å². The van der Waals surface area contributed by atoms with Gasteiger partial charge in [0.05, 0.1) is 5.01 Å². The highest BCUT2D eigenvalue weighted by molar-refractivity contribution is 7.09. The summed E-state index contributed by atoms with van der Waals surface area (Å²) < 4.78 is 12.9. The van der Waals surface area contributed by atoms with E-state index in [1.54, 1.807) is 11.4 Å². The van der Waals surface area contributed by atoms with Crippen LogP contribution in [0.15, 0.2) is 29.6 Å². The van der Waals surface area contributed by atoms with Crippen LogP contribution in [0.5, 0.6) is 0 Å². The molecule has 1 heterocycles. The molecule has 1 amide bonds. The third kappa shape index (κ3) is 3.12. The number of aromatic nitrogens is 1. The van der Waals surface area contributed by atoms with Crippen LogP contribution < -0.4 is 11.1 Å². The first-order valence-electron chi connectivity index (χ1n) is 5.40. The van der Waals surface area contributed by atoms with Crippen molar-refractivity contribution >= 4 is 22.9 Å². The zero-order valence-corrected chi connectivity index (χ0v) is 10.3. The number of amides is 1. The summed E-state index contributed by atoms with van der Waals surface area (Å²) in [5.41, 5.74) is 6.15. The van der Waals surface area contributed by atoms with Gasteiger partial charge in [0.15, 0.2) is 0 Å². The Morgan fingerprint density at radius 2 is 2.33 bits per heavy atom. The SMILES string of the molecule is NCCc1nc(C(=O)Nc2cccc(F)c2)cs1. The Morgan fingerprint density at radius 3 is 3.06 bits per heavy atom. The average Bonchev–Trinajstić information content (AvgIpc) is 2.78. The number of hydrogen-bond donors (Lipinski definition) is 2. The number of thiazole rings is 1. The summed E-state index contributed by atoms with van der Waals surface area (Å²) in [5.74, 6) is -0.741. The van der Waals surface area contributed by atoms with Crippen molar-refractivity contribution in [3.05, 3.63) is 46.2 Å². The highest BCUT2D eigenvalue weighted by Gasteiger charge is 2.10. The molecule has 0 saturated carbocycles. The van der Waals surface area contributed by atoms with E-state index in [0.717, 1.165) is 5.01 Å². The van der Waals surface area contributed by atoms with E-state index < -0.39 is 5.82 Å². The van der Waals surface area contributed by atoms with Crippen molar-refractivity contribution in [2.75, 3.05) is 11.9 Å². The first-order valence-corrected chi connectivity index (χ1v) is 6.28. The molecule has 0 spiro atoms. The monoisotopic (exact) mass is 265 g/mol. The summed E-state index contributed by atoms with van der Waals surface area (Å²) in [6.07, 6.45) is 0.651. The Bertz CT molecular complexity index is 556. The molecule has 2 rings (SSSR count). The van der Waals surface area contributed by atoms with Gasteiger partial charge >= 0.3 is 0 Å². The molecule has 0 bridgehead atoms. The molecule has 18 heavy (non-hydrogen) atoms. The predicted octanol–water partition coefficient (Wildman–Crippen LogP) is 2.04. The molecule has 0 aliphatic carbocycles. The second-order valence-corrected chi connectivity index (χ2v) is 4.57. The Labute approximate surface area is 108 Å². The maximum absolute atomic E-state index is 12.9. The Balaban J connectivity index is 2.07. The van der Waals surface area contributed by atoms with Gasteiger partial charge in [0.25, 0.3) is 5.91 Å². The standard InChI is InChI=1S/C12H12FN3OS/c13-8-2-1-3-9(6-8)15-12(17)10-7-18-11(16-10)4-5-14/h1-3,6-7H,4-5,14H2,(H,15,17). The normalized spacial score (nSPS) is 10.3. The van der Waals surface area contributed by atoms with Crippen molar-refractivity contribution in [1.29, 1.82) is 0 Å². The summed E-state index contributed by atoms with van der Waals surface area (Å²) in [5, 5.41) is 5.08. The fourth-order valence-electron chi connectivity index (χ4n) is 1.41. The summed E-state index contributed by atoms with van der Waals surface area (Å²) in [6.45, 7) is 0.498. The van der Waals surface area contributed by atoms with Crippen molar-refractivity contribution in [2.45, 2.75) is 6.42 Å². The van der Waals surface area contributed by atoms with Crippen molar-refractivity contribution in [2.24, 2.45) is 5.73 Å². The summed E-state index contributed by atoms with van der Waals surface area (Å²) in [4.78, 5) is 16.0. The van der Waals surface area contributed by atoms with Gasteiger partial charge in [-0.25, -0.2) is 9.37 Å². The topological polar surface area (TPSA) is 68.0 Å². The molecule has 3 N–H and O–H groups in total. The molecule has 4 nitrogen and oxygen atoms in total. The van der Waals surface area contributed by atoms with Gasteiger partial charge in [-0.2, -0.15) is 0 Å². The lowest BCUT2D eigenvalue weighted by Gasteiger charge is -2.02. The molecule has 0 fully saturated rings. The molecule has 0 saturated heterocycles. The summed E-state index contributed by atoms with van der Waals surface area (Å²) >= 11 is 1.39. The van der Waals surface area contributed by atoms with E-state index >= 15 is 0 Å². The van der Waals surface area contributed by atoms with Crippen LogP contribution >= 0.6 is 11.3 Å². The lowest BCUT2D eigenvalue weighted by Crippen LogP contribution is -2.12. The highest BCUT2D eigenvalue weighted by atomic mass is 32.1. The fraction of sp³-hybridized carbons (Fsp3) is 0.167. The lowest BCUT2D eigenvalue weighted by atomic mass is 10.3. The van der Waals surface area contributed by atoms with E-state index in [-0.39, 0.29) is 5.91 Å². The highest BCUT2D eigenvalue weighted by Crippen LogP contribution is 2.14. The molecule has 0 atom stereocenters. The molecule has 0 unspecified atom stereocenters. The predicted molar refractivity (Wildman–Crippen MR) is 69.2 cm³/mol. The minimum Gasteiger partial charge on any atom is -0.330 e. The van der Waals surface area contributed by atoms with Gasteiger partial charge in [-0.05, 0) is 24.7 Å². The Hall–Kier alpha value is -1.79. The number of carbonyl (C=O) groups excluding carboxylic acids is 1. The molecule has 6 heteroatoms. The number of nitrogens with zero attached hydrogens (tertiary/aromatic N) is 1. The van der Waals surface area contributed by atoms with Crippen LogP contribution in [-0.4, -0.2) is 17.4 Å².